The summed E-state index contributed by atoms with van der Waals surface area (Å²) >= 11 is 0. The number of hydrogen-bond acceptors (Lipinski definition) is 3. The van der Waals surface area contributed by atoms with Gasteiger partial charge in [0.2, 0.25) is 0 Å². The molecule has 26 heavy (non-hydrogen) atoms. The predicted octanol–water partition coefficient (Wildman–Crippen LogP) is 3.79. The van der Waals surface area contributed by atoms with Crippen LogP contribution >= 0.6 is 0 Å². The summed E-state index contributed by atoms with van der Waals surface area (Å²) in [6.07, 6.45) is 1.14. The van der Waals surface area contributed by atoms with Crippen LogP contribution in [-0.4, -0.2) is 53.3 Å². The molecular formula is C22H27FN2O. The third kappa shape index (κ3) is 3.92. The molecule has 1 N–H and O–H groups in total. The fourth-order valence-electron chi connectivity index (χ4n) is 4.45. The van der Waals surface area contributed by atoms with Gasteiger partial charge in [-0.3, -0.25) is 9.80 Å². The SMILES string of the molecule is Oc1ccc([C@@H]2CCN([C@H]3CCN(Cc4ccccc4)C3)C[C@H]2F)cc1. The minimum absolute atomic E-state index is 0.0475. The Kier molecular flexibility index (Phi) is 5.23. The van der Waals surface area contributed by atoms with Gasteiger partial charge in [-0.25, -0.2) is 4.39 Å². The van der Waals surface area contributed by atoms with Crippen molar-refractivity contribution in [1.82, 2.24) is 9.80 Å². The highest BCUT2D eigenvalue weighted by molar-refractivity contribution is 5.29. The lowest BCUT2D eigenvalue weighted by Crippen LogP contribution is -2.47. The lowest BCUT2D eigenvalue weighted by Gasteiger charge is -2.38. The van der Waals surface area contributed by atoms with Crippen molar-refractivity contribution in [3.8, 4) is 5.75 Å². The van der Waals surface area contributed by atoms with Crippen LogP contribution < -0.4 is 0 Å². The maximum absolute atomic E-state index is 14.9. The highest BCUT2D eigenvalue weighted by atomic mass is 19.1. The first-order valence-corrected chi connectivity index (χ1v) is 9.62. The first kappa shape index (κ1) is 17.5. The Morgan fingerprint density at radius 1 is 0.923 bits per heavy atom. The van der Waals surface area contributed by atoms with Gasteiger partial charge in [-0.1, -0.05) is 42.5 Å². The normalized spacial score (nSPS) is 27.7. The molecule has 2 fully saturated rings. The second-order valence-electron chi connectivity index (χ2n) is 7.66. The van der Waals surface area contributed by atoms with E-state index in [1.807, 2.05) is 12.1 Å². The van der Waals surface area contributed by atoms with Crippen molar-refractivity contribution in [2.75, 3.05) is 26.2 Å². The molecule has 2 saturated heterocycles. The zero-order chi connectivity index (χ0) is 17.9. The number of rotatable bonds is 4. The van der Waals surface area contributed by atoms with Crippen LogP contribution in [0, 0.1) is 0 Å². The van der Waals surface area contributed by atoms with Crippen LogP contribution in [0.1, 0.15) is 29.9 Å². The van der Waals surface area contributed by atoms with E-state index >= 15 is 0 Å². The molecule has 3 nitrogen and oxygen atoms in total. The number of likely N-dealkylation sites (tertiary alicyclic amines) is 2. The monoisotopic (exact) mass is 354 g/mol. The van der Waals surface area contributed by atoms with Gasteiger partial charge in [0, 0.05) is 38.1 Å². The highest BCUT2D eigenvalue weighted by Gasteiger charge is 2.35. The number of benzene rings is 2. The van der Waals surface area contributed by atoms with Gasteiger partial charge in [-0.05, 0) is 42.6 Å². The average Bonchev–Trinajstić information content (AvgIpc) is 3.12. The summed E-state index contributed by atoms with van der Waals surface area (Å²) in [6, 6.07) is 18.1. The lowest BCUT2D eigenvalue weighted by molar-refractivity contribution is 0.0835. The topological polar surface area (TPSA) is 26.7 Å². The van der Waals surface area contributed by atoms with Crippen molar-refractivity contribution in [2.45, 2.75) is 37.5 Å². The Balaban J connectivity index is 1.32. The largest absolute Gasteiger partial charge is 0.508 e. The average molecular weight is 354 g/mol. The summed E-state index contributed by atoms with van der Waals surface area (Å²) in [7, 11) is 0. The van der Waals surface area contributed by atoms with Crippen LogP contribution in [0.15, 0.2) is 54.6 Å². The molecule has 3 atom stereocenters. The highest BCUT2D eigenvalue weighted by Crippen LogP contribution is 2.33. The van der Waals surface area contributed by atoms with Gasteiger partial charge in [-0.15, -0.1) is 0 Å². The van der Waals surface area contributed by atoms with Crippen molar-refractivity contribution >= 4 is 0 Å². The first-order chi connectivity index (χ1) is 12.7. The summed E-state index contributed by atoms with van der Waals surface area (Å²) in [5.74, 6) is 0.194. The maximum atomic E-state index is 14.9. The van der Waals surface area contributed by atoms with Crippen LogP contribution in [0.3, 0.4) is 0 Å². The Morgan fingerprint density at radius 3 is 2.42 bits per heavy atom. The van der Waals surface area contributed by atoms with Crippen molar-refractivity contribution in [1.29, 1.82) is 0 Å². The molecule has 0 bridgehead atoms. The van der Waals surface area contributed by atoms with Crippen LogP contribution in [0.5, 0.6) is 5.75 Å². The Morgan fingerprint density at radius 2 is 1.69 bits per heavy atom. The Hall–Kier alpha value is -1.91. The van der Waals surface area contributed by atoms with E-state index in [2.05, 4.69) is 40.1 Å². The number of phenols is 1. The number of phenolic OH excluding ortho intramolecular Hbond substituents is 1. The van der Waals surface area contributed by atoms with E-state index in [0.29, 0.717) is 12.6 Å². The van der Waals surface area contributed by atoms with E-state index < -0.39 is 6.17 Å². The molecule has 0 saturated carbocycles. The first-order valence-electron chi connectivity index (χ1n) is 9.62. The Bertz CT molecular complexity index is 706. The molecular weight excluding hydrogens is 327 g/mol. The van der Waals surface area contributed by atoms with Crippen LogP contribution in [0.2, 0.25) is 0 Å². The van der Waals surface area contributed by atoms with Gasteiger partial charge >= 0.3 is 0 Å². The number of aromatic hydroxyl groups is 1. The molecule has 2 heterocycles. The smallest absolute Gasteiger partial charge is 0.120 e. The Labute approximate surface area is 155 Å². The number of nitrogens with zero attached hydrogens (tertiary/aromatic N) is 2. The molecule has 4 rings (SSSR count). The molecule has 2 aliphatic rings. The van der Waals surface area contributed by atoms with E-state index in [1.54, 1.807) is 12.1 Å². The van der Waals surface area contributed by atoms with Crippen LogP contribution in [0.4, 0.5) is 4.39 Å². The maximum Gasteiger partial charge on any atom is 0.120 e. The number of halogens is 1. The molecule has 0 spiro atoms. The fourth-order valence-corrected chi connectivity index (χ4v) is 4.45. The summed E-state index contributed by atoms with van der Waals surface area (Å²) in [4.78, 5) is 4.84. The molecule has 0 unspecified atom stereocenters. The van der Waals surface area contributed by atoms with Gasteiger partial charge in [0.05, 0.1) is 0 Å². The van der Waals surface area contributed by atoms with Crippen molar-refractivity contribution in [3.05, 3.63) is 65.7 Å². The number of hydrogen-bond donors (Lipinski definition) is 1. The molecule has 4 heteroatoms. The number of piperidine rings is 1. The predicted molar refractivity (Wildman–Crippen MR) is 102 cm³/mol. The van der Waals surface area contributed by atoms with E-state index in [4.69, 9.17) is 0 Å². The van der Waals surface area contributed by atoms with Gasteiger partial charge in [0.1, 0.15) is 11.9 Å². The fraction of sp³-hybridized carbons (Fsp3) is 0.455. The van der Waals surface area contributed by atoms with Crippen molar-refractivity contribution < 1.29 is 9.50 Å². The van der Waals surface area contributed by atoms with E-state index in [0.717, 1.165) is 44.6 Å². The third-order valence-corrected chi connectivity index (χ3v) is 5.91. The molecule has 0 aliphatic carbocycles. The van der Waals surface area contributed by atoms with Crippen molar-refractivity contribution in [2.24, 2.45) is 0 Å². The van der Waals surface area contributed by atoms with E-state index in [9.17, 15) is 9.50 Å². The quantitative estimate of drug-likeness (QED) is 0.905. The van der Waals surface area contributed by atoms with Crippen molar-refractivity contribution in [3.63, 3.8) is 0 Å². The second-order valence-corrected chi connectivity index (χ2v) is 7.66. The minimum atomic E-state index is -0.837. The molecule has 0 amide bonds. The minimum Gasteiger partial charge on any atom is -0.508 e. The number of alkyl halides is 1. The molecule has 2 aromatic carbocycles. The van der Waals surface area contributed by atoms with Gasteiger partial charge in [0.25, 0.3) is 0 Å². The molecule has 2 aliphatic heterocycles. The standard InChI is InChI=1S/C22H27FN2O/c23-22-16-25(13-11-21(22)18-6-8-20(26)9-7-18)19-10-12-24(15-19)14-17-4-2-1-3-5-17/h1-9,19,21-22,26H,10-16H2/t19-,21-,22+/m0/s1. The molecule has 138 valence electrons. The van der Waals surface area contributed by atoms with Crippen LogP contribution in [-0.2, 0) is 6.54 Å². The summed E-state index contributed by atoms with van der Waals surface area (Å²) in [6.45, 7) is 4.59. The van der Waals surface area contributed by atoms with Gasteiger partial charge in [-0.2, -0.15) is 0 Å². The molecule has 2 aromatic rings. The van der Waals surface area contributed by atoms with Crippen LogP contribution in [0.25, 0.3) is 0 Å². The zero-order valence-corrected chi connectivity index (χ0v) is 15.1. The molecule has 0 aromatic heterocycles. The zero-order valence-electron chi connectivity index (χ0n) is 15.1. The molecule has 0 radical (unpaired) electrons. The van der Waals surface area contributed by atoms with Gasteiger partial charge < -0.3 is 5.11 Å². The summed E-state index contributed by atoms with van der Waals surface area (Å²) < 4.78 is 14.9. The third-order valence-electron chi connectivity index (χ3n) is 5.91. The van der Waals surface area contributed by atoms with Gasteiger partial charge in [0.15, 0.2) is 0 Å². The van der Waals surface area contributed by atoms with E-state index in [1.165, 1.54) is 5.56 Å². The summed E-state index contributed by atoms with van der Waals surface area (Å²) in [5, 5.41) is 9.43. The summed E-state index contributed by atoms with van der Waals surface area (Å²) in [5.41, 5.74) is 2.36. The van der Waals surface area contributed by atoms with E-state index in [-0.39, 0.29) is 11.7 Å². The second kappa shape index (κ2) is 7.77. The lowest BCUT2D eigenvalue weighted by atomic mass is 9.87.